The number of ether oxygens (including phenoxy) is 3. The summed E-state index contributed by atoms with van der Waals surface area (Å²) in [5, 5.41) is 5.81. The van der Waals surface area contributed by atoms with Crippen molar-refractivity contribution in [3.8, 4) is 0 Å². The molecule has 8 nitrogen and oxygen atoms in total. The van der Waals surface area contributed by atoms with Gasteiger partial charge in [0.25, 0.3) is 0 Å². The minimum Gasteiger partial charge on any atom is -0.466 e. The minimum atomic E-state index is -0.814. The summed E-state index contributed by atoms with van der Waals surface area (Å²) in [6.07, 6.45) is 24.9. The molecule has 1 heterocycles. The van der Waals surface area contributed by atoms with Crippen LogP contribution in [0.25, 0.3) is 0 Å². The number of carbonyl (C=O) groups excluding carboxylic acids is 3. The molecule has 1 fully saturated rings. The Hall–Kier alpha value is -1.93. The van der Waals surface area contributed by atoms with Crippen LogP contribution in [0.15, 0.2) is 12.2 Å². The maximum atomic E-state index is 12.6. The first-order valence-electron chi connectivity index (χ1n) is 17.7. The quantitative estimate of drug-likeness (QED) is 0.0577. The lowest BCUT2D eigenvalue weighted by Crippen LogP contribution is -2.56. The highest BCUT2D eigenvalue weighted by Crippen LogP contribution is 2.34. The van der Waals surface area contributed by atoms with E-state index in [0.717, 1.165) is 38.5 Å². The molecule has 0 aromatic rings. The molecule has 0 aromatic carbocycles. The highest BCUT2D eigenvalue weighted by molar-refractivity contribution is 5.82. The van der Waals surface area contributed by atoms with Crippen molar-refractivity contribution < 1.29 is 28.6 Å². The summed E-state index contributed by atoms with van der Waals surface area (Å²) in [6, 6.07) is 0. The van der Waals surface area contributed by atoms with Crippen LogP contribution in [-0.4, -0.2) is 56.0 Å². The zero-order chi connectivity index (χ0) is 32.5. The van der Waals surface area contributed by atoms with Gasteiger partial charge in [-0.2, -0.15) is 0 Å². The van der Waals surface area contributed by atoms with Crippen molar-refractivity contribution in [2.45, 2.75) is 169 Å². The number of rotatable bonds is 26. The topological polar surface area (TPSA) is 103 Å². The van der Waals surface area contributed by atoms with Crippen molar-refractivity contribution in [1.29, 1.82) is 0 Å². The van der Waals surface area contributed by atoms with Gasteiger partial charge in [0.05, 0.1) is 19.6 Å². The summed E-state index contributed by atoms with van der Waals surface area (Å²) >= 11 is 0. The van der Waals surface area contributed by atoms with Crippen molar-refractivity contribution in [2.75, 3.05) is 26.3 Å². The highest BCUT2D eigenvalue weighted by atomic mass is 16.7. The molecule has 0 saturated carbocycles. The number of nitrogens with one attached hydrogen (secondary N) is 2. The third-order valence-electron chi connectivity index (χ3n) is 8.09. The van der Waals surface area contributed by atoms with Crippen LogP contribution in [0.2, 0.25) is 0 Å². The Balaban J connectivity index is 1.88. The number of hydrogen-bond donors (Lipinski definition) is 2. The molecule has 0 bridgehead atoms. The van der Waals surface area contributed by atoms with E-state index in [1.807, 2.05) is 13.8 Å². The molecule has 1 aliphatic rings. The van der Waals surface area contributed by atoms with Gasteiger partial charge in [-0.3, -0.25) is 14.4 Å². The second kappa shape index (κ2) is 24.3. The fourth-order valence-electron chi connectivity index (χ4n) is 5.21. The van der Waals surface area contributed by atoms with Crippen molar-refractivity contribution in [3.63, 3.8) is 0 Å². The molecule has 0 aliphatic carbocycles. The minimum absolute atomic E-state index is 0.127. The van der Waals surface area contributed by atoms with Gasteiger partial charge in [0.2, 0.25) is 11.8 Å². The normalized spacial score (nSPS) is 17.4. The summed E-state index contributed by atoms with van der Waals surface area (Å²) < 4.78 is 16.8. The fraction of sp³-hybridized carbons (Fsp3) is 0.861. The number of unbranched alkanes of at least 4 members (excludes halogenated alkanes) is 14. The zero-order valence-electron chi connectivity index (χ0n) is 28.9. The SMILES string of the molecule is CCCCCCCCC=CCCCCCCCC(=O)NCCCCCCOC(=O)CCNC(=O)C1OC(C)(C)OCC1(C)C. The summed E-state index contributed by atoms with van der Waals surface area (Å²) in [6.45, 7) is 11.4. The Labute approximate surface area is 269 Å². The molecular formula is C36H66N2O6. The molecule has 2 N–H and O–H groups in total. The molecule has 1 unspecified atom stereocenters. The van der Waals surface area contributed by atoms with Crippen LogP contribution in [0.5, 0.6) is 0 Å². The van der Waals surface area contributed by atoms with Gasteiger partial charge in [-0.15, -0.1) is 0 Å². The second-order valence-electron chi connectivity index (χ2n) is 13.5. The van der Waals surface area contributed by atoms with Crippen LogP contribution >= 0.6 is 0 Å². The predicted molar refractivity (Wildman–Crippen MR) is 178 cm³/mol. The van der Waals surface area contributed by atoms with Crippen LogP contribution in [-0.2, 0) is 28.6 Å². The van der Waals surface area contributed by atoms with Gasteiger partial charge in [-0.1, -0.05) is 90.7 Å². The molecular weight excluding hydrogens is 556 g/mol. The molecule has 1 rings (SSSR count). The number of esters is 1. The molecule has 1 atom stereocenters. The van der Waals surface area contributed by atoms with E-state index < -0.39 is 17.3 Å². The van der Waals surface area contributed by atoms with E-state index in [4.69, 9.17) is 14.2 Å². The molecule has 0 aromatic heterocycles. The van der Waals surface area contributed by atoms with E-state index in [1.165, 1.54) is 70.6 Å². The van der Waals surface area contributed by atoms with Gasteiger partial charge in [-0.25, -0.2) is 0 Å². The van der Waals surface area contributed by atoms with Gasteiger partial charge in [0.1, 0.15) is 6.10 Å². The first-order valence-corrected chi connectivity index (χ1v) is 17.7. The van der Waals surface area contributed by atoms with Crippen molar-refractivity contribution in [3.05, 3.63) is 12.2 Å². The van der Waals surface area contributed by atoms with Gasteiger partial charge in [-0.05, 0) is 65.2 Å². The molecule has 1 aliphatic heterocycles. The monoisotopic (exact) mass is 622 g/mol. The average Bonchev–Trinajstić information content (AvgIpc) is 2.97. The van der Waals surface area contributed by atoms with Crippen molar-refractivity contribution in [2.24, 2.45) is 5.41 Å². The maximum Gasteiger partial charge on any atom is 0.307 e. The largest absolute Gasteiger partial charge is 0.466 e. The summed E-state index contributed by atoms with van der Waals surface area (Å²) in [5.41, 5.74) is -0.452. The Bertz CT molecular complexity index is 810. The van der Waals surface area contributed by atoms with Crippen LogP contribution in [0, 0.1) is 5.41 Å². The molecule has 44 heavy (non-hydrogen) atoms. The van der Waals surface area contributed by atoms with Crippen molar-refractivity contribution >= 4 is 17.8 Å². The summed E-state index contributed by atoms with van der Waals surface area (Å²) in [5.74, 6) is -1.22. The number of carbonyl (C=O) groups is 3. The fourth-order valence-corrected chi connectivity index (χ4v) is 5.21. The zero-order valence-corrected chi connectivity index (χ0v) is 28.9. The van der Waals surface area contributed by atoms with Crippen LogP contribution in [0.1, 0.15) is 157 Å². The maximum absolute atomic E-state index is 12.6. The van der Waals surface area contributed by atoms with E-state index in [1.54, 1.807) is 13.8 Å². The molecule has 0 radical (unpaired) electrons. The second-order valence-corrected chi connectivity index (χ2v) is 13.5. The summed E-state index contributed by atoms with van der Waals surface area (Å²) in [4.78, 5) is 36.7. The number of allylic oxidation sites excluding steroid dienone is 2. The van der Waals surface area contributed by atoms with Gasteiger partial charge in [0, 0.05) is 24.9 Å². The molecule has 2 amide bonds. The lowest BCUT2D eigenvalue weighted by molar-refractivity contribution is -0.304. The lowest BCUT2D eigenvalue weighted by Gasteiger charge is -2.44. The molecule has 256 valence electrons. The van der Waals surface area contributed by atoms with E-state index in [0.29, 0.717) is 26.2 Å². The Morgan fingerprint density at radius 2 is 1.32 bits per heavy atom. The standard InChI is InChI=1S/C36H66N2O6/c1-6-7-8-9-10-11-12-13-14-15-16-17-18-19-22-25-31(39)37-27-23-20-21-24-29-42-32(40)26-28-38-34(41)33-35(2,3)30-43-36(4,5)44-33/h13-14,33H,6-12,15-30H2,1-5H3,(H,37,39)(H,38,41). The Morgan fingerprint density at radius 3 is 2.00 bits per heavy atom. The Kier molecular flexibility index (Phi) is 22.2. The average molecular weight is 623 g/mol. The van der Waals surface area contributed by atoms with E-state index in [9.17, 15) is 14.4 Å². The third-order valence-corrected chi connectivity index (χ3v) is 8.09. The van der Waals surface area contributed by atoms with Gasteiger partial charge < -0.3 is 24.8 Å². The molecule has 8 heteroatoms. The van der Waals surface area contributed by atoms with Crippen LogP contribution in [0.4, 0.5) is 0 Å². The van der Waals surface area contributed by atoms with E-state index in [-0.39, 0.29) is 30.7 Å². The molecule has 0 spiro atoms. The number of amides is 2. The van der Waals surface area contributed by atoms with Gasteiger partial charge in [0.15, 0.2) is 5.79 Å². The lowest BCUT2D eigenvalue weighted by atomic mass is 9.85. The van der Waals surface area contributed by atoms with Crippen LogP contribution in [0.3, 0.4) is 0 Å². The first kappa shape index (κ1) is 40.1. The van der Waals surface area contributed by atoms with E-state index in [2.05, 4.69) is 29.7 Å². The smallest absolute Gasteiger partial charge is 0.307 e. The predicted octanol–water partition coefficient (Wildman–Crippen LogP) is 7.93. The van der Waals surface area contributed by atoms with Gasteiger partial charge >= 0.3 is 5.97 Å². The van der Waals surface area contributed by atoms with Crippen molar-refractivity contribution in [1.82, 2.24) is 10.6 Å². The van der Waals surface area contributed by atoms with E-state index >= 15 is 0 Å². The highest BCUT2D eigenvalue weighted by Gasteiger charge is 2.45. The Morgan fingerprint density at radius 1 is 0.727 bits per heavy atom. The van der Waals surface area contributed by atoms with Crippen LogP contribution < -0.4 is 10.6 Å². The molecule has 1 saturated heterocycles. The number of hydrogen-bond acceptors (Lipinski definition) is 6. The summed E-state index contributed by atoms with van der Waals surface area (Å²) in [7, 11) is 0. The first-order chi connectivity index (χ1) is 21.1. The third kappa shape index (κ3) is 20.9.